The van der Waals surface area contributed by atoms with E-state index < -0.39 is 0 Å². The van der Waals surface area contributed by atoms with Crippen LogP contribution in [0.5, 0.6) is 5.75 Å². The standard InChI is InChI=1S/C23H23NO3/c1-17-5-4-6-18(11-17)15-27-23-16-26-21(12-22(23)25)14-24-10-9-19-7-2-3-8-20(19)13-24/h2-8,11-12,16H,9-10,13-15H2,1H3. The lowest BCUT2D eigenvalue weighted by atomic mass is 10.00. The van der Waals surface area contributed by atoms with Crippen molar-refractivity contribution in [3.05, 3.63) is 99.1 Å². The molecule has 4 heteroatoms. The number of ether oxygens (including phenoxy) is 1. The fourth-order valence-corrected chi connectivity index (χ4v) is 3.50. The molecule has 1 aliphatic heterocycles. The van der Waals surface area contributed by atoms with Crippen LogP contribution in [0.3, 0.4) is 0 Å². The predicted octanol–water partition coefficient (Wildman–Crippen LogP) is 4.09. The molecular formula is C23H23NO3. The number of benzene rings is 2. The molecule has 0 saturated heterocycles. The molecule has 138 valence electrons. The summed E-state index contributed by atoms with van der Waals surface area (Å²) in [5.74, 6) is 0.923. The lowest BCUT2D eigenvalue weighted by Gasteiger charge is -2.28. The van der Waals surface area contributed by atoms with Crippen LogP contribution < -0.4 is 10.2 Å². The van der Waals surface area contributed by atoms with Crippen molar-refractivity contribution >= 4 is 0 Å². The Morgan fingerprint density at radius 2 is 1.93 bits per heavy atom. The molecule has 27 heavy (non-hydrogen) atoms. The fraction of sp³-hybridized carbons (Fsp3) is 0.261. The Morgan fingerprint density at radius 3 is 2.74 bits per heavy atom. The van der Waals surface area contributed by atoms with Gasteiger partial charge in [-0.3, -0.25) is 9.69 Å². The van der Waals surface area contributed by atoms with Crippen molar-refractivity contribution in [3.63, 3.8) is 0 Å². The van der Waals surface area contributed by atoms with Crippen LogP contribution in [0.4, 0.5) is 0 Å². The molecule has 1 aromatic heterocycles. The summed E-state index contributed by atoms with van der Waals surface area (Å²) in [5.41, 5.74) is 4.83. The number of fused-ring (bicyclic) bond motifs is 1. The average Bonchev–Trinajstić information content (AvgIpc) is 2.67. The van der Waals surface area contributed by atoms with E-state index >= 15 is 0 Å². The van der Waals surface area contributed by atoms with Gasteiger partial charge < -0.3 is 9.15 Å². The van der Waals surface area contributed by atoms with Gasteiger partial charge in [-0.2, -0.15) is 0 Å². The van der Waals surface area contributed by atoms with Gasteiger partial charge in [0.25, 0.3) is 0 Å². The molecule has 0 amide bonds. The number of hydrogen-bond acceptors (Lipinski definition) is 4. The molecule has 0 N–H and O–H groups in total. The second-order valence-electron chi connectivity index (χ2n) is 7.08. The van der Waals surface area contributed by atoms with Gasteiger partial charge in [-0.05, 0) is 30.0 Å². The first-order valence-electron chi connectivity index (χ1n) is 9.26. The van der Waals surface area contributed by atoms with Gasteiger partial charge in [0.1, 0.15) is 18.6 Å². The van der Waals surface area contributed by atoms with Crippen LogP contribution in [0, 0.1) is 6.92 Å². The Kier molecular flexibility index (Phi) is 5.07. The number of rotatable bonds is 5. The summed E-state index contributed by atoms with van der Waals surface area (Å²) in [6, 6.07) is 18.1. The van der Waals surface area contributed by atoms with Crippen molar-refractivity contribution in [1.82, 2.24) is 4.90 Å². The maximum atomic E-state index is 12.4. The first-order valence-corrected chi connectivity index (χ1v) is 9.26. The van der Waals surface area contributed by atoms with Crippen LogP contribution in [0.25, 0.3) is 0 Å². The molecule has 0 fully saturated rings. The number of nitrogens with zero attached hydrogens (tertiary/aromatic N) is 1. The maximum Gasteiger partial charge on any atom is 0.227 e. The van der Waals surface area contributed by atoms with Gasteiger partial charge in [0.05, 0.1) is 6.54 Å². The van der Waals surface area contributed by atoms with Gasteiger partial charge in [0, 0.05) is 19.2 Å². The van der Waals surface area contributed by atoms with Gasteiger partial charge >= 0.3 is 0 Å². The van der Waals surface area contributed by atoms with Crippen molar-refractivity contribution in [2.24, 2.45) is 0 Å². The van der Waals surface area contributed by atoms with Gasteiger partial charge in [-0.25, -0.2) is 0 Å². The zero-order chi connectivity index (χ0) is 18.6. The molecule has 0 radical (unpaired) electrons. The maximum absolute atomic E-state index is 12.4. The van der Waals surface area contributed by atoms with E-state index in [2.05, 4.69) is 29.2 Å². The van der Waals surface area contributed by atoms with Crippen LogP contribution in [-0.2, 0) is 26.1 Å². The highest BCUT2D eigenvalue weighted by Gasteiger charge is 2.17. The lowest BCUT2D eigenvalue weighted by molar-refractivity contribution is 0.220. The Morgan fingerprint density at radius 1 is 1.07 bits per heavy atom. The van der Waals surface area contributed by atoms with E-state index in [4.69, 9.17) is 9.15 Å². The summed E-state index contributed by atoms with van der Waals surface area (Å²) in [6.07, 6.45) is 2.46. The zero-order valence-electron chi connectivity index (χ0n) is 15.5. The van der Waals surface area contributed by atoms with E-state index in [1.165, 1.54) is 23.0 Å². The average molecular weight is 361 g/mol. The molecule has 4 rings (SSSR count). The smallest absolute Gasteiger partial charge is 0.227 e. The van der Waals surface area contributed by atoms with Gasteiger partial charge in [-0.1, -0.05) is 54.1 Å². The largest absolute Gasteiger partial charge is 0.482 e. The van der Waals surface area contributed by atoms with E-state index in [0.717, 1.165) is 25.1 Å². The molecule has 0 unspecified atom stereocenters. The van der Waals surface area contributed by atoms with Crippen LogP contribution in [0.1, 0.15) is 28.0 Å². The highest BCUT2D eigenvalue weighted by molar-refractivity contribution is 5.29. The summed E-state index contributed by atoms with van der Waals surface area (Å²) in [4.78, 5) is 14.7. The summed E-state index contributed by atoms with van der Waals surface area (Å²) in [7, 11) is 0. The summed E-state index contributed by atoms with van der Waals surface area (Å²) >= 11 is 0. The minimum absolute atomic E-state index is 0.138. The first-order chi connectivity index (χ1) is 13.2. The Hall–Kier alpha value is -2.85. The third kappa shape index (κ3) is 4.29. The lowest BCUT2D eigenvalue weighted by Crippen LogP contribution is -2.30. The molecule has 2 heterocycles. The Labute approximate surface area is 159 Å². The molecule has 2 aromatic carbocycles. The SMILES string of the molecule is Cc1cccc(COc2coc(CN3CCc4ccccc4C3)cc2=O)c1. The molecule has 0 atom stereocenters. The van der Waals surface area contributed by atoms with E-state index in [1.807, 2.05) is 31.2 Å². The minimum atomic E-state index is -0.138. The van der Waals surface area contributed by atoms with Crippen LogP contribution in [0.15, 0.2) is 70.1 Å². The number of hydrogen-bond donors (Lipinski definition) is 0. The molecule has 0 bridgehead atoms. The highest BCUT2D eigenvalue weighted by atomic mass is 16.5. The summed E-state index contributed by atoms with van der Waals surface area (Å²) < 4.78 is 11.3. The summed E-state index contributed by atoms with van der Waals surface area (Å²) in [6.45, 7) is 4.86. The van der Waals surface area contributed by atoms with Gasteiger partial charge in [0.2, 0.25) is 11.2 Å². The third-order valence-electron chi connectivity index (χ3n) is 4.92. The third-order valence-corrected chi connectivity index (χ3v) is 4.92. The van der Waals surface area contributed by atoms with Gasteiger partial charge in [0.15, 0.2) is 0 Å². The van der Waals surface area contributed by atoms with Crippen molar-refractivity contribution in [2.75, 3.05) is 6.54 Å². The summed E-state index contributed by atoms with van der Waals surface area (Å²) in [5, 5.41) is 0. The molecule has 0 saturated carbocycles. The van der Waals surface area contributed by atoms with Crippen molar-refractivity contribution in [3.8, 4) is 5.75 Å². The van der Waals surface area contributed by atoms with Gasteiger partial charge in [-0.15, -0.1) is 0 Å². The van der Waals surface area contributed by atoms with E-state index in [9.17, 15) is 4.79 Å². The first kappa shape index (κ1) is 17.6. The predicted molar refractivity (Wildman–Crippen MR) is 105 cm³/mol. The van der Waals surface area contributed by atoms with E-state index in [-0.39, 0.29) is 11.2 Å². The second kappa shape index (κ2) is 7.80. The normalized spacial score (nSPS) is 14.0. The minimum Gasteiger partial charge on any atom is -0.482 e. The van der Waals surface area contributed by atoms with Crippen molar-refractivity contribution < 1.29 is 9.15 Å². The highest BCUT2D eigenvalue weighted by Crippen LogP contribution is 2.20. The quantitative estimate of drug-likeness (QED) is 0.687. The molecule has 3 aromatic rings. The monoisotopic (exact) mass is 361 g/mol. The van der Waals surface area contributed by atoms with E-state index in [0.29, 0.717) is 18.9 Å². The van der Waals surface area contributed by atoms with E-state index in [1.54, 1.807) is 6.07 Å². The Balaban J connectivity index is 1.39. The topological polar surface area (TPSA) is 42.7 Å². The molecule has 1 aliphatic rings. The van der Waals surface area contributed by atoms with Crippen molar-refractivity contribution in [1.29, 1.82) is 0 Å². The zero-order valence-corrected chi connectivity index (χ0v) is 15.5. The van der Waals surface area contributed by atoms with Crippen LogP contribution in [-0.4, -0.2) is 11.4 Å². The molecule has 0 spiro atoms. The molecule has 0 aliphatic carbocycles. The molecular weight excluding hydrogens is 338 g/mol. The second-order valence-corrected chi connectivity index (χ2v) is 7.08. The Bertz CT molecular complexity index is 993. The van der Waals surface area contributed by atoms with Crippen molar-refractivity contribution in [2.45, 2.75) is 33.0 Å². The molecule has 4 nitrogen and oxygen atoms in total. The fourth-order valence-electron chi connectivity index (χ4n) is 3.50. The van der Waals surface area contributed by atoms with Crippen LogP contribution in [0.2, 0.25) is 0 Å². The van der Waals surface area contributed by atoms with Crippen LogP contribution >= 0.6 is 0 Å². The number of aryl methyl sites for hydroxylation is 1.